The van der Waals surface area contributed by atoms with E-state index in [4.69, 9.17) is 5.73 Å². The second kappa shape index (κ2) is 6.75. The van der Waals surface area contributed by atoms with Gasteiger partial charge in [0.05, 0.1) is 0 Å². The third kappa shape index (κ3) is 4.23. The molecule has 0 aliphatic carbocycles. The zero-order valence-corrected chi connectivity index (χ0v) is 12.4. The number of likely N-dealkylation sites (tertiary alicyclic amines) is 1. The van der Waals surface area contributed by atoms with Gasteiger partial charge in [-0.2, -0.15) is 0 Å². The molecule has 1 aliphatic heterocycles. The molecule has 4 heteroatoms. The summed E-state index contributed by atoms with van der Waals surface area (Å²) < 4.78 is 0. The molecule has 20 heavy (non-hydrogen) atoms. The van der Waals surface area contributed by atoms with Gasteiger partial charge in [-0.3, -0.25) is 9.69 Å². The largest absolute Gasteiger partial charge is 0.399 e. The van der Waals surface area contributed by atoms with Crippen molar-refractivity contribution in [3.63, 3.8) is 0 Å². The molecule has 0 radical (unpaired) electrons. The van der Waals surface area contributed by atoms with Gasteiger partial charge in [0.25, 0.3) is 0 Å². The number of nitrogens with zero attached hydrogens (tertiary/aromatic N) is 1. The number of carbonyl (C=O) groups is 1. The highest BCUT2D eigenvalue weighted by Gasteiger charge is 2.22. The normalized spacial score (nSPS) is 20.1. The molecule has 2 rings (SSSR count). The molecular formula is C16H25N3O. The Balaban J connectivity index is 1.89. The van der Waals surface area contributed by atoms with E-state index >= 15 is 0 Å². The smallest absolute Gasteiger partial charge is 0.222 e. The summed E-state index contributed by atoms with van der Waals surface area (Å²) in [6.07, 6.45) is 2.21. The van der Waals surface area contributed by atoms with Crippen LogP contribution >= 0.6 is 0 Å². The van der Waals surface area contributed by atoms with Crippen molar-refractivity contribution in [1.29, 1.82) is 0 Å². The first kappa shape index (κ1) is 14.9. The summed E-state index contributed by atoms with van der Waals surface area (Å²) in [5.74, 6) is 0.208. The third-order valence-electron chi connectivity index (χ3n) is 3.73. The van der Waals surface area contributed by atoms with Crippen molar-refractivity contribution in [1.82, 2.24) is 10.2 Å². The second-order valence-corrected chi connectivity index (χ2v) is 5.98. The Kier molecular flexibility index (Phi) is 5.01. The fourth-order valence-electron chi connectivity index (χ4n) is 2.63. The van der Waals surface area contributed by atoms with Crippen LogP contribution in [-0.4, -0.2) is 29.9 Å². The molecule has 0 aromatic heterocycles. The van der Waals surface area contributed by atoms with E-state index in [0.29, 0.717) is 0 Å². The minimum Gasteiger partial charge on any atom is -0.399 e. The lowest BCUT2D eigenvalue weighted by atomic mass is 10.0. The van der Waals surface area contributed by atoms with Crippen molar-refractivity contribution < 1.29 is 4.79 Å². The highest BCUT2D eigenvalue weighted by Crippen LogP contribution is 2.15. The lowest BCUT2D eigenvalue weighted by Gasteiger charge is -2.33. The maximum Gasteiger partial charge on any atom is 0.222 e. The van der Waals surface area contributed by atoms with E-state index in [0.717, 1.165) is 38.2 Å². The van der Waals surface area contributed by atoms with Crippen LogP contribution in [0.2, 0.25) is 0 Å². The summed E-state index contributed by atoms with van der Waals surface area (Å²) in [5.41, 5.74) is 7.86. The number of hydrogen-bond acceptors (Lipinski definition) is 3. The van der Waals surface area contributed by atoms with Crippen molar-refractivity contribution in [3.05, 3.63) is 29.8 Å². The van der Waals surface area contributed by atoms with Crippen LogP contribution in [0.4, 0.5) is 5.69 Å². The van der Waals surface area contributed by atoms with E-state index in [1.807, 2.05) is 32.0 Å². The van der Waals surface area contributed by atoms with E-state index in [-0.39, 0.29) is 17.9 Å². The van der Waals surface area contributed by atoms with Gasteiger partial charge in [0.15, 0.2) is 0 Å². The topological polar surface area (TPSA) is 58.4 Å². The van der Waals surface area contributed by atoms with Crippen LogP contribution in [0.15, 0.2) is 24.3 Å². The van der Waals surface area contributed by atoms with Crippen molar-refractivity contribution in [2.24, 2.45) is 5.92 Å². The third-order valence-corrected chi connectivity index (χ3v) is 3.73. The number of amides is 1. The van der Waals surface area contributed by atoms with Crippen LogP contribution in [0.5, 0.6) is 0 Å². The van der Waals surface area contributed by atoms with Gasteiger partial charge in [0.1, 0.15) is 0 Å². The van der Waals surface area contributed by atoms with Crippen molar-refractivity contribution in [2.75, 3.05) is 18.8 Å². The fourth-order valence-corrected chi connectivity index (χ4v) is 2.63. The molecule has 1 amide bonds. The Morgan fingerprint density at radius 2 is 2.30 bits per heavy atom. The molecule has 0 bridgehead atoms. The summed E-state index contributed by atoms with van der Waals surface area (Å²) in [4.78, 5) is 14.2. The molecule has 4 nitrogen and oxygen atoms in total. The van der Waals surface area contributed by atoms with Crippen molar-refractivity contribution in [3.8, 4) is 0 Å². The van der Waals surface area contributed by atoms with Crippen molar-refractivity contribution >= 4 is 11.6 Å². The van der Waals surface area contributed by atoms with Crippen LogP contribution in [-0.2, 0) is 11.3 Å². The fraction of sp³-hybridized carbons (Fsp3) is 0.562. The molecule has 1 aromatic carbocycles. The number of piperidine rings is 1. The highest BCUT2D eigenvalue weighted by molar-refractivity contribution is 5.78. The van der Waals surface area contributed by atoms with E-state index in [2.05, 4.69) is 16.3 Å². The van der Waals surface area contributed by atoms with Gasteiger partial charge in [-0.05, 0) is 37.1 Å². The molecule has 1 aromatic rings. The van der Waals surface area contributed by atoms with Gasteiger partial charge in [-0.25, -0.2) is 0 Å². The number of anilines is 1. The molecule has 1 fully saturated rings. The summed E-state index contributed by atoms with van der Waals surface area (Å²) in [5, 5.41) is 3.14. The monoisotopic (exact) mass is 275 g/mol. The molecule has 1 aliphatic rings. The van der Waals surface area contributed by atoms with E-state index in [9.17, 15) is 4.79 Å². The van der Waals surface area contributed by atoms with Crippen LogP contribution in [0.25, 0.3) is 0 Å². The van der Waals surface area contributed by atoms with Gasteiger partial charge in [-0.1, -0.05) is 26.0 Å². The number of rotatable bonds is 4. The average Bonchev–Trinajstić information content (AvgIpc) is 2.39. The molecule has 1 saturated heterocycles. The summed E-state index contributed by atoms with van der Waals surface area (Å²) in [7, 11) is 0. The summed E-state index contributed by atoms with van der Waals surface area (Å²) >= 11 is 0. The molecule has 0 saturated carbocycles. The quantitative estimate of drug-likeness (QED) is 0.826. The standard InChI is InChI=1S/C16H25N3O/c1-12(2)16(20)18-15-7-4-8-19(11-15)10-13-5-3-6-14(17)9-13/h3,5-6,9,12,15H,4,7-8,10-11,17H2,1-2H3,(H,18,20). The molecular weight excluding hydrogens is 250 g/mol. The highest BCUT2D eigenvalue weighted by atomic mass is 16.1. The minimum absolute atomic E-state index is 0.0549. The first-order valence-electron chi connectivity index (χ1n) is 7.41. The first-order chi connectivity index (χ1) is 9.54. The van der Waals surface area contributed by atoms with Gasteiger partial charge in [0.2, 0.25) is 5.91 Å². The zero-order valence-electron chi connectivity index (χ0n) is 12.4. The van der Waals surface area contributed by atoms with E-state index in [1.165, 1.54) is 5.56 Å². The Labute approximate surface area is 121 Å². The minimum atomic E-state index is 0.0549. The lowest BCUT2D eigenvalue weighted by molar-refractivity contribution is -0.125. The van der Waals surface area contributed by atoms with Crippen LogP contribution in [0.1, 0.15) is 32.3 Å². The second-order valence-electron chi connectivity index (χ2n) is 5.98. The van der Waals surface area contributed by atoms with Crippen LogP contribution in [0.3, 0.4) is 0 Å². The Bertz CT molecular complexity index is 459. The zero-order chi connectivity index (χ0) is 14.5. The first-order valence-corrected chi connectivity index (χ1v) is 7.41. The van der Waals surface area contributed by atoms with Gasteiger partial charge in [0, 0.05) is 30.7 Å². The molecule has 3 N–H and O–H groups in total. The van der Waals surface area contributed by atoms with Crippen molar-refractivity contribution in [2.45, 2.75) is 39.3 Å². The summed E-state index contributed by atoms with van der Waals surface area (Å²) in [6.45, 7) is 6.78. The predicted molar refractivity (Wildman–Crippen MR) is 82.1 cm³/mol. The summed E-state index contributed by atoms with van der Waals surface area (Å²) in [6, 6.07) is 8.31. The molecule has 1 atom stereocenters. The average molecular weight is 275 g/mol. The van der Waals surface area contributed by atoms with Gasteiger partial charge >= 0.3 is 0 Å². The SMILES string of the molecule is CC(C)C(=O)NC1CCCN(Cc2cccc(N)c2)C1. The van der Waals surface area contributed by atoms with Crippen LogP contribution < -0.4 is 11.1 Å². The Morgan fingerprint density at radius 1 is 1.50 bits per heavy atom. The number of hydrogen-bond donors (Lipinski definition) is 2. The van der Waals surface area contributed by atoms with E-state index < -0.39 is 0 Å². The van der Waals surface area contributed by atoms with Crippen LogP contribution in [0, 0.1) is 5.92 Å². The van der Waals surface area contributed by atoms with Gasteiger partial charge < -0.3 is 11.1 Å². The molecule has 0 spiro atoms. The lowest BCUT2D eigenvalue weighted by Crippen LogP contribution is -2.48. The number of nitrogens with two attached hydrogens (primary N) is 1. The number of carbonyl (C=O) groups excluding carboxylic acids is 1. The number of benzene rings is 1. The maximum absolute atomic E-state index is 11.8. The Morgan fingerprint density at radius 3 is 3.00 bits per heavy atom. The molecule has 110 valence electrons. The number of nitrogen functional groups attached to an aromatic ring is 1. The molecule has 1 unspecified atom stereocenters. The van der Waals surface area contributed by atoms with E-state index in [1.54, 1.807) is 0 Å². The maximum atomic E-state index is 11.8. The number of nitrogens with one attached hydrogen (secondary N) is 1. The predicted octanol–water partition coefficient (Wildman–Crippen LogP) is 2.01. The molecule has 1 heterocycles. The van der Waals surface area contributed by atoms with Gasteiger partial charge in [-0.15, -0.1) is 0 Å². The Hall–Kier alpha value is -1.55.